The molecule has 0 aromatic heterocycles. The Morgan fingerprint density at radius 1 is 0.750 bits per heavy atom. The van der Waals surface area contributed by atoms with Crippen LogP contribution in [0.2, 0.25) is 0 Å². The van der Waals surface area contributed by atoms with Gasteiger partial charge in [-0.15, -0.1) is 0 Å². The molecule has 5 rings (SSSR count). The molecule has 1 N–H and O–H groups in total. The van der Waals surface area contributed by atoms with Gasteiger partial charge in [0.2, 0.25) is 0 Å². The molecule has 0 atom stereocenters. The summed E-state index contributed by atoms with van der Waals surface area (Å²) in [6.45, 7) is -0.217. The zero-order chi connectivity index (χ0) is 28.1. The maximum absolute atomic E-state index is 13.5. The number of ether oxygens (including phenoxy) is 1. The Labute approximate surface area is 238 Å². The number of rotatable bonds is 7. The highest BCUT2D eigenvalue weighted by molar-refractivity contribution is 9.10. The van der Waals surface area contributed by atoms with Gasteiger partial charge in [0.1, 0.15) is 11.3 Å². The van der Waals surface area contributed by atoms with Crippen molar-refractivity contribution in [3.05, 3.63) is 125 Å². The highest BCUT2D eigenvalue weighted by Crippen LogP contribution is 2.31. The third-order valence-corrected chi connectivity index (χ3v) is 6.58. The Balaban J connectivity index is 1.41. The van der Waals surface area contributed by atoms with E-state index in [-0.39, 0.29) is 18.1 Å². The smallest absolute Gasteiger partial charge is 0.343 e. The topological polar surface area (TPSA) is 96.0 Å². The van der Waals surface area contributed by atoms with Crippen molar-refractivity contribution in [1.82, 2.24) is 0 Å². The molecule has 1 fully saturated rings. The van der Waals surface area contributed by atoms with Crippen LogP contribution in [0.15, 0.2) is 119 Å². The molecule has 0 unspecified atom stereocenters. The monoisotopic (exact) mass is 595 g/mol. The van der Waals surface area contributed by atoms with E-state index in [2.05, 4.69) is 21.2 Å². The summed E-state index contributed by atoms with van der Waals surface area (Å²) in [5.74, 6) is -1.39. The van der Waals surface area contributed by atoms with Crippen molar-refractivity contribution in [1.29, 1.82) is 0 Å². The maximum atomic E-state index is 13.5. The summed E-state index contributed by atoms with van der Waals surface area (Å²) >= 11 is 3.44. The second-order valence-electron chi connectivity index (χ2n) is 8.69. The van der Waals surface area contributed by atoms with E-state index in [1.807, 2.05) is 18.2 Å². The summed E-state index contributed by atoms with van der Waals surface area (Å²) in [4.78, 5) is 54.7. The molecule has 0 aliphatic carbocycles. The number of nitrogens with zero attached hydrogens (tertiary/aromatic N) is 2. The molecule has 5 amide bonds. The van der Waals surface area contributed by atoms with Gasteiger partial charge in [0, 0.05) is 5.69 Å². The Kier molecular flexibility index (Phi) is 7.84. The van der Waals surface area contributed by atoms with E-state index < -0.39 is 17.8 Å². The minimum absolute atomic E-state index is 0.185. The normalized spacial score (nSPS) is 13.3. The minimum atomic E-state index is -0.761. The number of halogens is 1. The summed E-state index contributed by atoms with van der Waals surface area (Å²) < 4.78 is 6.16. The average molecular weight is 596 g/mol. The van der Waals surface area contributed by atoms with Crippen LogP contribution in [0.25, 0.3) is 6.08 Å². The van der Waals surface area contributed by atoms with Gasteiger partial charge in [0.25, 0.3) is 17.7 Å². The first-order valence-electron chi connectivity index (χ1n) is 12.2. The SMILES string of the molecule is O=C(COc1ccc(C=C2C(=O)N(c3ccccc3)C(=O)N(c3ccccc3)C2=O)cc1Br)Nc1ccccc1. The number of carbonyl (C=O) groups is 4. The van der Waals surface area contributed by atoms with Crippen LogP contribution in [0.3, 0.4) is 0 Å². The summed E-state index contributed by atoms with van der Waals surface area (Å²) in [5, 5.41) is 2.75. The van der Waals surface area contributed by atoms with Gasteiger partial charge in [-0.1, -0.05) is 60.7 Å². The van der Waals surface area contributed by atoms with Crippen LogP contribution in [-0.2, 0) is 14.4 Å². The van der Waals surface area contributed by atoms with Crippen LogP contribution in [0, 0.1) is 0 Å². The fraction of sp³-hybridized carbons (Fsp3) is 0.0323. The van der Waals surface area contributed by atoms with E-state index in [4.69, 9.17) is 4.74 Å². The predicted octanol–water partition coefficient (Wildman–Crippen LogP) is 6.05. The first kappa shape index (κ1) is 26.6. The van der Waals surface area contributed by atoms with Crippen LogP contribution in [0.1, 0.15) is 5.56 Å². The van der Waals surface area contributed by atoms with Crippen molar-refractivity contribution in [2.24, 2.45) is 0 Å². The zero-order valence-electron chi connectivity index (χ0n) is 21.0. The standard InChI is InChI=1S/C31H22BrN3O5/c32-26-19-21(16-17-27(26)40-20-28(36)33-22-10-4-1-5-11-22)18-25-29(37)34(23-12-6-2-7-13-23)31(39)35(30(25)38)24-14-8-3-9-15-24/h1-19H,20H2,(H,33,36). The lowest BCUT2D eigenvalue weighted by atomic mass is 10.0. The summed E-state index contributed by atoms with van der Waals surface area (Å²) in [6.07, 6.45) is 1.43. The molecule has 1 saturated heterocycles. The van der Waals surface area contributed by atoms with Gasteiger partial charge in [-0.2, -0.15) is 0 Å². The number of benzene rings is 4. The highest BCUT2D eigenvalue weighted by atomic mass is 79.9. The molecule has 4 aromatic carbocycles. The van der Waals surface area contributed by atoms with E-state index >= 15 is 0 Å². The molecule has 4 aromatic rings. The van der Waals surface area contributed by atoms with Gasteiger partial charge in [-0.3, -0.25) is 14.4 Å². The molecule has 0 saturated carbocycles. The number of carbonyl (C=O) groups excluding carboxylic acids is 4. The van der Waals surface area contributed by atoms with Crippen molar-refractivity contribution in [3.8, 4) is 5.75 Å². The van der Waals surface area contributed by atoms with E-state index in [1.54, 1.807) is 91.0 Å². The van der Waals surface area contributed by atoms with E-state index in [0.717, 1.165) is 9.80 Å². The number of barbiturate groups is 1. The van der Waals surface area contributed by atoms with Crippen molar-refractivity contribution in [2.75, 3.05) is 21.7 Å². The molecule has 8 nitrogen and oxygen atoms in total. The Morgan fingerprint density at radius 3 is 1.80 bits per heavy atom. The van der Waals surface area contributed by atoms with Gasteiger partial charge in [-0.05, 0) is 76.1 Å². The van der Waals surface area contributed by atoms with Gasteiger partial charge in [0.05, 0.1) is 15.8 Å². The molecule has 1 aliphatic rings. The number of nitrogens with one attached hydrogen (secondary N) is 1. The van der Waals surface area contributed by atoms with Crippen LogP contribution in [0.5, 0.6) is 5.75 Å². The number of hydrogen-bond donors (Lipinski definition) is 1. The van der Waals surface area contributed by atoms with Crippen LogP contribution in [-0.4, -0.2) is 30.4 Å². The molecule has 40 heavy (non-hydrogen) atoms. The van der Waals surface area contributed by atoms with Gasteiger partial charge >= 0.3 is 6.03 Å². The first-order chi connectivity index (χ1) is 19.4. The average Bonchev–Trinajstić information content (AvgIpc) is 2.96. The van der Waals surface area contributed by atoms with Gasteiger partial charge < -0.3 is 10.1 Å². The second-order valence-corrected chi connectivity index (χ2v) is 9.54. The fourth-order valence-electron chi connectivity index (χ4n) is 4.09. The predicted molar refractivity (Wildman–Crippen MR) is 156 cm³/mol. The van der Waals surface area contributed by atoms with E-state index in [1.165, 1.54) is 6.08 Å². The second kappa shape index (κ2) is 11.8. The Hall–Kier alpha value is -5.02. The molecule has 1 heterocycles. The van der Waals surface area contributed by atoms with Crippen molar-refractivity contribution < 1.29 is 23.9 Å². The lowest BCUT2D eigenvalue weighted by molar-refractivity contribution is -0.121. The summed E-state index contributed by atoms with van der Waals surface area (Å²) in [7, 11) is 0. The van der Waals surface area contributed by atoms with Gasteiger partial charge in [0.15, 0.2) is 6.61 Å². The van der Waals surface area contributed by atoms with Crippen LogP contribution >= 0.6 is 15.9 Å². The number of amides is 5. The third kappa shape index (κ3) is 5.69. The molecule has 198 valence electrons. The number of anilines is 3. The largest absolute Gasteiger partial charge is 0.483 e. The summed E-state index contributed by atoms with van der Waals surface area (Å²) in [6, 6.07) is 30.1. The first-order valence-corrected chi connectivity index (χ1v) is 13.0. The lowest BCUT2D eigenvalue weighted by Crippen LogP contribution is -2.57. The van der Waals surface area contributed by atoms with Crippen molar-refractivity contribution >= 4 is 62.8 Å². The van der Waals surface area contributed by atoms with Gasteiger partial charge in [-0.25, -0.2) is 14.6 Å². The molecule has 9 heteroatoms. The number of imide groups is 2. The fourth-order valence-corrected chi connectivity index (χ4v) is 4.60. The molecular formula is C31H22BrN3O5. The quantitative estimate of drug-likeness (QED) is 0.207. The Morgan fingerprint density at radius 2 is 1.27 bits per heavy atom. The number of hydrogen-bond acceptors (Lipinski definition) is 5. The zero-order valence-corrected chi connectivity index (χ0v) is 22.6. The number of urea groups is 1. The summed E-state index contributed by atoms with van der Waals surface area (Å²) in [5.41, 5.74) is 1.67. The highest BCUT2D eigenvalue weighted by Gasteiger charge is 2.43. The van der Waals surface area contributed by atoms with Crippen LogP contribution in [0.4, 0.5) is 21.9 Å². The number of para-hydroxylation sites is 3. The Bertz CT molecular complexity index is 1540. The molecule has 1 aliphatic heterocycles. The maximum Gasteiger partial charge on any atom is 0.343 e. The van der Waals surface area contributed by atoms with E-state index in [9.17, 15) is 19.2 Å². The molecule has 0 bridgehead atoms. The van der Waals surface area contributed by atoms with E-state index in [0.29, 0.717) is 32.8 Å². The molecular weight excluding hydrogens is 574 g/mol. The lowest BCUT2D eigenvalue weighted by Gasteiger charge is -2.33. The molecule has 0 radical (unpaired) electrons. The molecule has 0 spiro atoms. The third-order valence-electron chi connectivity index (χ3n) is 5.96. The van der Waals surface area contributed by atoms with Crippen molar-refractivity contribution in [2.45, 2.75) is 0 Å². The van der Waals surface area contributed by atoms with Crippen LogP contribution < -0.4 is 19.9 Å². The van der Waals surface area contributed by atoms with Crippen molar-refractivity contribution in [3.63, 3.8) is 0 Å². The minimum Gasteiger partial charge on any atom is -0.483 e.